The normalized spacial score (nSPS) is 18.7. The second-order valence-electron chi connectivity index (χ2n) is 6.14. The summed E-state index contributed by atoms with van der Waals surface area (Å²) >= 11 is 3.02. The fourth-order valence-electron chi connectivity index (χ4n) is 2.42. The number of hydrogen-bond acceptors (Lipinski definition) is 1. The summed E-state index contributed by atoms with van der Waals surface area (Å²) in [5.74, 6) is -0.537. The smallest absolute Gasteiger partial charge is 0.339 e. The third-order valence-corrected chi connectivity index (χ3v) is 4.41. The maximum absolute atomic E-state index is 13.1. The number of benzene rings is 1. The van der Waals surface area contributed by atoms with E-state index in [0.29, 0.717) is 17.6 Å². The molecule has 116 valence electrons. The molecule has 0 spiro atoms. The molecule has 1 saturated heterocycles. The Labute approximate surface area is 130 Å². The van der Waals surface area contributed by atoms with Crippen LogP contribution in [0.15, 0.2) is 22.7 Å². The number of amides is 1. The second-order valence-corrected chi connectivity index (χ2v) is 7.06. The van der Waals surface area contributed by atoms with Crippen molar-refractivity contribution in [3.05, 3.63) is 33.8 Å². The maximum Gasteiger partial charge on any atom is 0.417 e. The van der Waals surface area contributed by atoms with Crippen molar-refractivity contribution in [3.63, 3.8) is 0 Å². The summed E-state index contributed by atoms with van der Waals surface area (Å²) in [5.41, 5.74) is -1.01. The van der Waals surface area contributed by atoms with Crippen molar-refractivity contribution in [1.29, 1.82) is 0 Å². The van der Waals surface area contributed by atoms with Crippen LogP contribution in [0.1, 0.15) is 42.6 Å². The van der Waals surface area contributed by atoms with Crippen LogP contribution in [0.4, 0.5) is 13.2 Å². The van der Waals surface area contributed by atoms with Gasteiger partial charge in [-0.25, -0.2) is 0 Å². The number of carbonyl (C=O) groups excluding carboxylic acids is 1. The minimum atomic E-state index is -4.54. The highest BCUT2D eigenvalue weighted by atomic mass is 79.9. The van der Waals surface area contributed by atoms with E-state index in [2.05, 4.69) is 29.8 Å². The largest absolute Gasteiger partial charge is 0.417 e. The van der Waals surface area contributed by atoms with Gasteiger partial charge in [0.2, 0.25) is 0 Å². The molecule has 1 heterocycles. The van der Waals surface area contributed by atoms with Crippen LogP contribution in [0.25, 0.3) is 0 Å². The molecule has 1 amide bonds. The van der Waals surface area contributed by atoms with Gasteiger partial charge in [-0.05, 0) is 36.5 Å². The molecule has 0 unspecified atom stereocenters. The molecular formula is C15H17BrF3NO. The molecule has 1 fully saturated rings. The molecule has 2 nitrogen and oxygen atoms in total. The van der Waals surface area contributed by atoms with E-state index in [1.165, 1.54) is 17.0 Å². The number of alkyl halides is 3. The summed E-state index contributed by atoms with van der Waals surface area (Å²) in [7, 11) is 0. The first-order chi connectivity index (χ1) is 9.60. The number of nitrogens with zero attached hydrogens (tertiary/aromatic N) is 1. The molecule has 1 aliphatic rings. The maximum atomic E-state index is 13.1. The first-order valence-corrected chi connectivity index (χ1v) is 7.55. The van der Waals surface area contributed by atoms with E-state index >= 15 is 0 Å². The van der Waals surface area contributed by atoms with Crippen molar-refractivity contribution in [2.75, 3.05) is 13.1 Å². The zero-order valence-corrected chi connectivity index (χ0v) is 13.5. The van der Waals surface area contributed by atoms with Crippen LogP contribution in [-0.4, -0.2) is 23.9 Å². The van der Waals surface area contributed by atoms with Crippen molar-refractivity contribution in [3.8, 4) is 0 Å². The quantitative estimate of drug-likeness (QED) is 0.706. The van der Waals surface area contributed by atoms with E-state index in [-0.39, 0.29) is 11.0 Å². The predicted octanol–water partition coefficient (Wildman–Crippen LogP) is 4.73. The van der Waals surface area contributed by atoms with Crippen LogP contribution >= 0.6 is 15.9 Å². The molecule has 0 radical (unpaired) electrons. The zero-order chi connectivity index (χ0) is 15.8. The Morgan fingerprint density at radius 1 is 1.24 bits per heavy atom. The Hall–Kier alpha value is -1.04. The van der Waals surface area contributed by atoms with Gasteiger partial charge in [0.25, 0.3) is 5.91 Å². The van der Waals surface area contributed by atoms with E-state index in [0.717, 1.165) is 18.9 Å². The molecular weight excluding hydrogens is 347 g/mol. The monoisotopic (exact) mass is 363 g/mol. The van der Waals surface area contributed by atoms with Gasteiger partial charge in [0.1, 0.15) is 0 Å². The second kappa shape index (κ2) is 5.63. The molecule has 1 aromatic rings. The van der Waals surface area contributed by atoms with Gasteiger partial charge >= 0.3 is 6.18 Å². The molecule has 0 aromatic heterocycles. The van der Waals surface area contributed by atoms with Gasteiger partial charge in [-0.1, -0.05) is 29.8 Å². The Kier molecular flexibility index (Phi) is 4.38. The van der Waals surface area contributed by atoms with Crippen molar-refractivity contribution >= 4 is 21.8 Å². The lowest BCUT2D eigenvalue weighted by atomic mass is 9.82. The molecule has 0 aliphatic carbocycles. The third kappa shape index (κ3) is 3.78. The average Bonchev–Trinajstić information content (AvgIpc) is 2.37. The van der Waals surface area contributed by atoms with E-state index in [9.17, 15) is 18.0 Å². The lowest BCUT2D eigenvalue weighted by Gasteiger charge is -2.37. The SMILES string of the molecule is CC1(C)CCN(C(=O)c2ccc(Br)cc2C(F)(F)F)CC1. The molecule has 0 atom stereocenters. The lowest BCUT2D eigenvalue weighted by molar-refractivity contribution is -0.138. The fraction of sp³-hybridized carbons (Fsp3) is 0.533. The number of likely N-dealkylation sites (tertiary alicyclic amines) is 1. The van der Waals surface area contributed by atoms with E-state index in [1.54, 1.807) is 0 Å². The molecule has 0 saturated carbocycles. The lowest BCUT2D eigenvalue weighted by Crippen LogP contribution is -2.41. The molecule has 21 heavy (non-hydrogen) atoms. The molecule has 1 aliphatic heterocycles. The first kappa shape index (κ1) is 16.3. The Bertz CT molecular complexity index is 544. The molecule has 2 rings (SSSR count). The molecule has 0 bridgehead atoms. The Morgan fingerprint density at radius 2 is 1.81 bits per heavy atom. The van der Waals surface area contributed by atoms with E-state index < -0.39 is 17.6 Å². The van der Waals surface area contributed by atoms with Gasteiger partial charge in [0, 0.05) is 17.6 Å². The van der Waals surface area contributed by atoms with Crippen LogP contribution in [0.2, 0.25) is 0 Å². The highest BCUT2D eigenvalue weighted by Gasteiger charge is 2.37. The fourth-order valence-corrected chi connectivity index (χ4v) is 2.78. The molecule has 0 N–H and O–H groups in total. The number of piperidine rings is 1. The van der Waals surface area contributed by atoms with E-state index in [4.69, 9.17) is 0 Å². The number of rotatable bonds is 1. The van der Waals surface area contributed by atoms with Crippen LogP contribution < -0.4 is 0 Å². The van der Waals surface area contributed by atoms with Gasteiger partial charge < -0.3 is 4.90 Å². The standard InChI is InChI=1S/C15H17BrF3NO/c1-14(2)5-7-20(8-6-14)13(21)11-4-3-10(16)9-12(11)15(17,18)19/h3-4,9H,5-8H2,1-2H3. The summed E-state index contributed by atoms with van der Waals surface area (Å²) in [6.07, 6.45) is -2.93. The highest BCUT2D eigenvalue weighted by molar-refractivity contribution is 9.10. The Balaban J connectivity index is 2.28. The molecule has 6 heteroatoms. The number of hydrogen-bond donors (Lipinski definition) is 0. The zero-order valence-electron chi connectivity index (χ0n) is 11.9. The van der Waals surface area contributed by atoms with Crippen LogP contribution in [-0.2, 0) is 6.18 Å². The van der Waals surface area contributed by atoms with Crippen molar-refractivity contribution in [2.45, 2.75) is 32.9 Å². The molecule has 1 aromatic carbocycles. The van der Waals surface area contributed by atoms with Crippen LogP contribution in [0.5, 0.6) is 0 Å². The van der Waals surface area contributed by atoms with Gasteiger partial charge in [0.05, 0.1) is 11.1 Å². The van der Waals surface area contributed by atoms with Gasteiger partial charge in [0.15, 0.2) is 0 Å². The average molecular weight is 364 g/mol. The first-order valence-electron chi connectivity index (χ1n) is 6.76. The highest BCUT2D eigenvalue weighted by Crippen LogP contribution is 2.36. The number of halogens is 4. The van der Waals surface area contributed by atoms with Gasteiger partial charge in [-0.2, -0.15) is 13.2 Å². The minimum Gasteiger partial charge on any atom is -0.339 e. The summed E-state index contributed by atoms with van der Waals surface area (Å²) in [6.45, 7) is 5.21. The summed E-state index contributed by atoms with van der Waals surface area (Å²) < 4.78 is 39.6. The topological polar surface area (TPSA) is 20.3 Å². The summed E-state index contributed by atoms with van der Waals surface area (Å²) in [4.78, 5) is 13.9. The van der Waals surface area contributed by atoms with Crippen LogP contribution in [0.3, 0.4) is 0 Å². The van der Waals surface area contributed by atoms with Crippen molar-refractivity contribution < 1.29 is 18.0 Å². The van der Waals surface area contributed by atoms with Crippen molar-refractivity contribution in [1.82, 2.24) is 4.90 Å². The number of carbonyl (C=O) groups is 1. The third-order valence-electron chi connectivity index (χ3n) is 3.92. The van der Waals surface area contributed by atoms with E-state index in [1.807, 2.05) is 0 Å². The van der Waals surface area contributed by atoms with Crippen LogP contribution in [0, 0.1) is 5.41 Å². The summed E-state index contributed by atoms with van der Waals surface area (Å²) in [5, 5.41) is 0. The Morgan fingerprint density at radius 3 is 2.33 bits per heavy atom. The summed E-state index contributed by atoms with van der Waals surface area (Å²) in [6, 6.07) is 3.67. The van der Waals surface area contributed by atoms with Gasteiger partial charge in [-0.3, -0.25) is 4.79 Å². The predicted molar refractivity (Wildman–Crippen MR) is 78.1 cm³/mol. The van der Waals surface area contributed by atoms with Crippen molar-refractivity contribution in [2.24, 2.45) is 5.41 Å². The minimum absolute atomic E-state index is 0.142. The van der Waals surface area contributed by atoms with Gasteiger partial charge in [-0.15, -0.1) is 0 Å².